The number of carbonyl (C=O) groups is 2. The average molecular weight is 445 g/mol. The van der Waals surface area contributed by atoms with Crippen molar-refractivity contribution in [2.24, 2.45) is 0 Å². The van der Waals surface area contributed by atoms with Gasteiger partial charge in [-0.1, -0.05) is 23.7 Å². The summed E-state index contributed by atoms with van der Waals surface area (Å²) in [6.07, 6.45) is 0. The Morgan fingerprint density at radius 2 is 1.68 bits per heavy atom. The van der Waals surface area contributed by atoms with Gasteiger partial charge in [-0.25, -0.2) is 4.39 Å². The summed E-state index contributed by atoms with van der Waals surface area (Å²) in [4.78, 5) is 29.5. The van der Waals surface area contributed by atoms with Crippen LogP contribution in [0.5, 0.6) is 0 Å². The maximum absolute atomic E-state index is 13.5. The summed E-state index contributed by atoms with van der Waals surface area (Å²) in [6, 6.07) is 11.2. The Hall–Kier alpha value is -2.74. The van der Waals surface area contributed by atoms with Gasteiger partial charge in [-0.2, -0.15) is 0 Å². The molecule has 6 nitrogen and oxygen atoms in total. The zero-order chi connectivity index (χ0) is 22.0. The van der Waals surface area contributed by atoms with Crippen molar-refractivity contribution >= 4 is 29.1 Å². The molecule has 1 unspecified atom stereocenters. The number of aliphatic hydroxyl groups excluding tert-OH is 1. The Balaban J connectivity index is 1.72. The maximum Gasteiger partial charge on any atom is 0.295 e. The van der Waals surface area contributed by atoms with Crippen molar-refractivity contribution < 1.29 is 23.8 Å². The van der Waals surface area contributed by atoms with Crippen LogP contribution in [-0.2, 0) is 14.3 Å². The van der Waals surface area contributed by atoms with Crippen LogP contribution in [0.3, 0.4) is 0 Å². The van der Waals surface area contributed by atoms with Gasteiger partial charge in [-0.3, -0.25) is 14.5 Å². The van der Waals surface area contributed by atoms with Gasteiger partial charge < -0.3 is 14.7 Å². The van der Waals surface area contributed by atoms with Crippen molar-refractivity contribution in [1.82, 2.24) is 9.80 Å². The number of carbonyl (C=O) groups excluding carboxylic acids is 2. The molecule has 162 valence electrons. The van der Waals surface area contributed by atoms with E-state index in [0.717, 1.165) is 13.1 Å². The van der Waals surface area contributed by atoms with Crippen molar-refractivity contribution in [3.8, 4) is 0 Å². The minimum absolute atomic E-state index is 0.0130. The Kier molecular flexibility index (Phi) is 6.36. The highest BCUT2D eigenvalue weighted by Crippen LogP contribution is 2.39. The topological polar surface area (TPSA) is 70.1 Å². The molecule has 1 N–H and O–H groups in total. The molecule has 2 aliphatic heterocycles. The first-order valence-electron chi connectivity index (χ1n) is 10.1. The second-order valence-corrected chi connectivity index (χ2v) is 7.94. The lowest BCUT2D eigenvalue weighted by Crippen LogP contribution is -2.42. The first-order valence-corrected chi connectivity index (χ1v) is 10.4. The predicted octanol–water partition coefficient (Wildman–Crippen LogP) is 3.23. The fraction of sp³-hybridized carbons (Fsp3) is 0.304. The molecule has 0 bridgehead atoms. The molecular weight excluding hydrogens is 423 g/mol. The molecule has 2 heterocycles. The summed E-state index contributed by atoms with van der Waals surface area (Å²) in [5.41, 5.74) is 0.918. The van der Waals surface area contributed by atoms with E-state index in [-0.39, 0.29) is 11.3 Å². The standard InChI is InChI=1S/C23H22ClFN2O4/c24-17-5-1-16(2-6-17)21(28)19-20(15-3-7-18(25)8-4-15)27(23(30)22(19)29)10-9-26-11-13-31-14-12-26/h1-8,20,28H,9-14H2/b21-19+. The fourth-order valence-electron chi connectivity index (χ4n) is 3.94. The number of halogens is 2. The molecule has 0 radical (unpaired) electrons. The molecule has 1 atom stereocenters. The SMILES string of the molecule is O=C1C(=O)N(CCN2CCOCC2)C(c2ccc(F)cc2)/C1=C(\O)c1ccc(Cl)cc1. The molecule has 8 heteroatoms. The average Bonchev–Trinajstić information content (AvgIpc) is 3.04. The Labute approximate surface area is 184 Å². The molecule has 2 aromatic carbocycles. The minimum Gasteiger partial charge on any atom is -0.507 e. The third-order valence-corrected chi connectivity index (χ3v) is 5.86. The van der Waals surface area contributed by atoms with Gasteiger partial charge in [0.05, 0.1) is 24.8 Å². The van der Waals surface area contributed by atoms with Crippen molar-refractivity contribution in [2.75, 3.05) is 39.4 Å². The molecule has 31 heavy (non-hydrogen) atoms. The highest BCUT2D eigenvalue weighted by Gasteiger charge is 2.46. The van der Waals surface area contributed by atoms with E-state index >= 15 is 0 Å². The van der Waals surface area contributed by atoms with Gasteiger partial charge in [0.2, 0.25) is 0 Å². The number of Topliss-reactive ketones (excluding diaryl/α,β-unsaturated/α-hetero) is 1. The molecule has 0 aromatic heterocycles. The summed E-state index contributed by atoms with van der Waals surface area (Å²) in [6.45, 7) is 3.60. The number of hydrogen-bond acceptors (Lipinski definition) is 5. The van der Waals surface area contributed by atoms with Crippen LogP contribution in [0.1, 0.15) is 17.2 Å². The lowest BCUT2D eigenvalue weighted by atomic mass is 9.95. The first kappa shape index (κ1) is 21.5. The molecule has 0 spiro atoms. The number of morpholine rings is 1. The Bertz CT molecular complexity index is 1000. The maximum atomic E-state index is 13.5. The highest BCUT2D eigenvalue weighted by atomic mass is 35.5. The second kappa shape index (κ2) is 9.18. The van der Waals surface area contributed by atoms with E-state index in [9.17, 15) is 19.1 Å². The number of likely N-dealkylation sites (tertiary alicyclic amines) is 1. The van der Waals surface area contributed by atoms with Crippen LogP contribution in [0.4, 0.5) is 4.39 Å². The summed E-state index contributed by atoms with van der Waals surface area (Å²) < 4.78 is 18.9. The summed E-state index contributed by atoms with van der Waals surface area (Å²) >= 11 is 5.93. The van der Waals surface area contributed by atoms with Gasteiger partial charge in [0.15, 0.2) is 0 Å². The zero-order valence-electron chi connectivity index (χ0n) is 16.8. The number of amides is 1. The van der Waals surface area contributed by atoms with Crippen LogP contribution in [0.25, 0.3) is 5.76 Å². The normalized spacial score (nSPS) is 21.6. The zero-order valence-corrected chi connectivity index (χ0v) is 17.5. The van der Waals surface area contributed by atoms with Crippen LogP contribution in [0, 0.1) is 5.82 Å². The highest BCUT2D eigenvalue weighted by molar-refractivity contribution is 6.46. The molecule has 0 aliphatic carbocycles. The van der Waals surface area contributed by atoms with Crippen LogP contribution >= 0.6 is 11.6 Å². The van der Waals surface area contributed by atoms with E-state index < -0.39 is 23.5 Å². The van der Waals surface area contributed by atoms with E-state index in [4.69, 9.17) is 16.3 Å². The quantitative estimate of drug-likeness (QED) is 0.435. The van der Waals surface area contributed by atoms with E-state index in [2.05, 4.69) is 4.90 Å². The van der Waals surface area contributed by atoms with Crippen LogP contribution < -0.4 is 0 Å². The van der Waals surface area contributed by atoms with Gasteiger partial charge in [0.25, 0.3) is 11.7 Å². The van der Waals surface area contributed by atoms with Crippen LogP contribution in [0.2, 0.25) is 5.02 Å². The number of benzene rings is 2. The minimum atomic E-state index is -0.808. The lowest BCUT2D eigenvalue weighted by Gasteiger charge is -2.31. The van der Waals surface area contributed by atoms with Crippen molar-refractivity contribution in [1.29, 1.82) is 0 Å². The molecule has 2 saturated heterocycles. The summed E-state index contributed by atoms with van der Waals surface area (Å²) in [7, 11) is 0. The fourth-order valence-corrected chi connectivity index (χ4v) is 4.07. The monoisotopic (exact) mass is 444 g/mol. The smallest absolute Gasteiger partial charge is 0.295 e. The number of nitrogens with zero attached hydrogens (tertiary/aromatic N) is 2. The summed E-state index contributed by atoms with van der Waals surface area (Å²) in [5.74, 6) is -2.15. The van der Waals surface area contributed by atoms with Gasteiger partial charge in [0.1, 0.15) is 11.6 Å². The lowest BCUT2D eigenvalue weighted by molar-refractivity contribution is -0.140. The van der Waals surface area contributed by atoms with Gasteiger partial charge >= 0.3 is 0 Å². The number of aliphatic hydroxyl groups is 1. The number of ether oxygens (including phenoxy) is 1. The first-order chi connectivity index (χ1) is 15.0. The molecule has 4 rings (SSSR count). The number of rotatable bonds is 5. The van der Waals surface area contributed by atoms with E-state index in [1.807, 2.05) is 0 Å². The molecular formula is C23H22ClFN2O4. The predicted molar refractivity (Wildman–Crippen MR) is 114 cm³/mol. The molecule has 2 fully saturated rings. The van der Waals surface area contributed by atoms with Crippen LogP contribution in [0.15, 0.2) is 54.1 Å². The largest absolute Gasteiger partial charge is 0.507 e. The van der Waals surface area contributed by atoms with Crippen LogP contribution in [-0.4, -0.2) is 66.0 Å². The van der Waals surface area contributed by atoms with Gasteiger partial charge in [-0.15, -0.1) is 0 Å². The molecule has 0 saturated carbocycles. The molecule has 2 aliphatic rings. The van der Waals surface area contributed by atoms with Crippen molar-refractivity contribution in [3.63, 3.8) is 0 Å². The van der Waals surface area contributed by atoms with Crippen molar-refractivity contribution in [3.05, 3.63) is 76.1 Å². The number of ketones is 1. The Morgan fingerprint density at radius 1 is 1.03 bits per heavy atom. The second-order valence-electron chi connectivity index (χ2n) is 7.50. The Morgan fingerprint density at radius 3 is 2.32 bits per heavy atom. The molecule has 1 amide bonds. The third kappa shape index (κ3) is 4.49. The van der Waals surface area contributed by atoms with E-state index in [1.54, 1.807) is 24.3 Å². The third-order valence-electron chi connectivity index (χ3n) is 5.60. The summed E-state index contributed by atoms with van der Waals surface area (Å²) in [5, 5.41) is 11.4. The van der Waals surface area contributed by atoms with E-state index in [0.29, 0.717) is 42.5 Å². The van der Waals surface area contributed by atoms with E-state index in [1.165, 1.54) is 29.2 Å². The van der Waals surface area contributed by atoms with Gasteiger partial charge in [0, 0.05) is 36.8 Å². The molecule has 2 aromatic rings. The van der Waals surface area contributed by atoms with Gasteiger partial charge in [-0.05, 0) is 42.0 Å². The van der Waals surface area contributed by atoms with Crippen molar-refractivity contribution in [2.45, 2.75) is 6.04 Å². The number of hydrogen-bond donors (Lipinski definition) is 1.